The highest BCUT2D eigenvalue weighted by molar-refractivity contribution is 6.00. The minimum Gasteiger partial charge on any atom is -0.486 e. The summed E-state index contributed by atoms with van der Waals surface area (Å²) in [5, 5.41) is 0. The van der Waals surface area contributed by atoms with E-state index in [9.17, 15) is 14.4 Å². The Labute approximate surface area is 169 Å². The first-order chi connectivity index (χ1) is 14.0. The molecule has 154 valence electrons. The van der Waals surface area contributed by atoms with E-state index in [1.807, 2.05) is 29.2 Å². The van der Waals surface area contributed by atoms with Gasteiger partial charge in [0.25, 0.3) is 0 Å². The van der Waals surface area contributed by atoms with Crippen LogP contribution in [-0.2, 0) is 9.53 Å². The number of para-hydroxylation sites is 1. The van der Waals surface area contributed by atoms with Gasteiger partial charge >= 0.3 is 6.09 Å². The van der Waals surface area contributed by atoms with Crippen molar-refractivity contribution in [3.63, 3.8) is 0 Å². The molecular formula is C22H26N2O5. The van der Waals surface area contributed by atoms with E-state index < -0.39 is 5.60 Å². The van der Waals surface area contributed by atoms with E-state index in [1.165, 1.54) is 0 Å². The molecular weight excluding hydrogens is 372 g/mol. The molecule has 0 N–H and O–H groups in total. The van der Waals surface area contributed by atoms with Crippen molar-refractivity contribution >= 4 is 17.8 Å². The van der Waals surface area contributed by atoms with Gasteiger partial charge in [-0.3, -0.25) is 9.59 Å². The van der Waals surface area contributed by atoms with Crippen LogP contribution in [0.4, 0.5) is 4.79 Å². The standard InChI is InChI=1S/C22H26N2O5/c1-2-28-21(27)24-11-9-23(10-12-24)20(26)18-15-7-8-22(19(15)18)13-16(25)14-5-3-4-6-17(14)29-22/h3-6,15,18-19H,2,7-13H2,1H3/t15-,18+,19+,22+/m0/s1. The molecule has 0 radical (unpaired) electrons. The highest BCUT2D eigenvalue weighted by Gasteiger charge is 2.71. The minimum atomic E-state index is -0.525. The number of Topliss-reactive ketones (excluding diaryl/α,β-unsaturated/α-hetero) is 1. The minimum absolute atomic E-state index is 0.0593. The number of carbonyl (C=O) groups is 3. The summed E-state index contributed by atoms with van der Waals surface area (Å²) in [6.45, 7) is 4.20. The summed E-state index contributed by atoms with van der Waals surface area (Å²) in [6, 6.07) is 7.41. The zero-order chi connectivity index (χ0) is 20.2. The molecule has 2 aliphatic heterocycles. The highest BCUT2D eigenvalue weighted by atomic mass is 16.6. The molecule has 0 unspecified atom stereocenters. The molecule has 1 spiro atoms. The fraction of sp³-hybridized carbons (Fsp3) is 0.591. The van der Waals surface area contributed by atoms with Crippen LogP contribution in [0.2, 0.25) is 0 Å². The molecule has 2 amide bonds. The summed E-state index contributed by atoms with van der Waals surface area (Å²) in [4.78, 5) is 41.3. The molecule has 1 aromatic rings. The lowest BCUT2D eigenvalue weighted by molar-refractivity contribution is -0.136. The third-order valence-corrected chi connectivity index (χ3v) is 7.04. The third kappa shape index (κ3) is 2.90. The Balaban J connectivity index is 1.26. The molecule has 4 aliphatic rings. The molecule has 2 aliphatic carbocycles. The van der Waals surface area contributed by atoms with Crippen LogP contribution in [0.25, 0.3) is 0 Å². The van der Waals surface area contributed by atoms with E-state index in [1.54, 1.807) is 11.8 Å². The molecule has 0 bridgehead atoms. The van der Waals surface area contributed by atoms with Gasteiger partial charge in [0.1, 0.15) is 11.4 Å². The summed E-state index contributed by atoms with van der Waals surface area (Å²) in [6.07, 6.45) is 1.82. The summed E-state index contributed by atoms with van der Waals surface area (Å²) in [5.74, 6) is 1.30. The average Bonchev–Trinajstić information content (AvgIpc) is 3.38. The second kappa shape index (κ2) is 6.75. The third-order valence-electron chi connectivity index (χ3n) is 7.04. The lowest BCUT2D eigenvalue weighted by Gasteiger charge is -2.38. The molecule has 4 atom stereocenters. The average molecular weight is 398 g/mol. The molecule has 7 heteroatoms. The number of ketones is 1. The Hall–Kier alpha value is -2.57. The van der Waals surface area contributed by atoms with Gasteiger partial charge in [0.05, 0.1) is 18.6 Å². The van der Waals surface area contributed by atoms with Gasteiger partial charge in [-0.15, -0.1) is 0 Å². The Morgan fingerprint density at radius 2 is 1.90 bits per heavy atom. The van der Waals surface area contributed by atoms with Gasteiger partial charge < -0.3 is 19.3 Å². The van der Waals surface area contributed by atoms with E-state index in [4.69, 9.17) is 9.47 Å². The second-order valence-electron chi connectivity index (χ2n) is 8.53. The van der Waals surface area contributed by atoms with Crippen molar-refractivity contribution in [2.24, 2.45) is 17.8 Å². The first kappa shape index (κ1) is 18.5. The Morgan fingerprint density at radius 3 is 2.66 bits per heavy atom. The molecule has 1 saturated heterocycles. The zero-order valence-corrected chi connectivity index (χ0v) is 16.6. The normalized spacial score (nSPS) is 32.4. The lowest BCUT2D eigenvalue weighted by atomic mass is 9.84. The van der Waals surface area contributed by atoms with Crippen LogP contribution < -0.4 is 4.74 Å². The SMILES string of the molecule is CCOC(=O)N1CCN(C(=O)[C@@H]2[C@@H]3CC[C@@]4(CC(=O)c5ccccc5O4)[C@H]32)CC1. The molecule has 2 heterocycles. The van der Waals surface area contributed by atoms with E-state index in [0.717, 1.165) is 12.8 Å². The monoisotopic (exact) mass is 398 g/mol. The van der Waals surface area contributed by atoms with Crippen molar-refractivity contribution in [1.29, 1.82) is 0 Å². The van der Waals surface area contributed by atoms with Crippen LogP contribution >= 0.6 is 0 Å². The van der Waals surface area contributed by atoms with Crippen LogP contribution in [0.3, 0.4) is 0 Å². The first-order valence-electron chi connectivity index (χ1n) is 10.6. The lowest BCUT2D eigenvalue weighted by Crippen LogP contribution is -2.52. The quantitative estimate of drug-likeness (QED) is 0.764. The number of carbonyl (C=O) groups excluding carboxylic acids is 3. The molecule has 2 saturated carbocycles. The summed E-state index contributed by atoms with van der Waals surface area (Å²) in [5.41, 5.74) is 0.128. The van der Waals surface area contributed by atoms with Gasteiger partial charge in [0, 0.05) is 38.0 Å². The van der Waals surface area contributed by atoms with Gasteiger partial charge in [-0.25, -0.2) is 4.79 Å². The van der Waals surface area contributed by atoms with Gasteiger partial charge in [0.15, 0.2) is 5.78 Å². The number of nitrogens with zero attached hydrogens (tertiary/aromatic N) is 2. The Morgan fingerprint density at radius 1 is 1.17 bits per heavy atom. The number of piperazine rings is 1. The molecule has 3 fully saturated rings. The van der Waals surface area contributed by atoms with Crippen molar-refractivity contribution in [2.45, 2.75) is 31.8 Å². The zero-order valence-electron chi connectivity index (χ0n) is 16.6. The molecule has 0 aromatic heterocycles. The van der Waals surface area contributed by atoms with Crippen molar-refractivity contribution in [2.75, 3.05) is 32.8 Å². The maximum Gasteiger partial charge on any atom is 0.409 e. The summed E-state index contributed by atoms with van der Waals surface area (Å²) in [7, 11) is 0. The summed E-state index contributed by atoms with van der Waals surface area (Å²) >= 11 is 0. The molecule has 29 heavy (non-hydrogen) atoms. The van der Waals surface area contributed by atoms with E-state index >= 15 is 0 Å². The van der Waals surface area contributed by atoms with Crippen LogP contribution in [0.1, 0.15) is 36.5 Å². The fourth-order valence-electron chi connectivity index (χ4n) is 5.63. The largest absolute Gasteiger partial charge is 0.486 e. The number of hydrogen-bond acceptors (Lipinski definition) is 5. The van der Waals surface area contributed by atoms with Crippen molar-refractivity contribution in [1.82, 2.24) is 9.80 Å². The topological polar surface area (TPSA) is 76.2 Å². The fourth-order valence-corrected chi connectivity index (χ4v) is 5.63. The van der Waals surface area contributed by atoms with Crippen LogP contribution in [0, 0.1) is 17.8 Å². The predicted molar refractivity (Wildman–Crippen MR) is 104 cm³/mol. The number of rotatable bonds is 2. The van der Waals surface area contributed by atoms with Crippen molar-refractivity contribution in [3.05, 3.63) is 29.8 Å². The first-order valence-corrected chi connectivity index (χ1v) is 10.6. The number of fused-ring (bicyclic) bond motifs is 3. The van der Waals surface area contributed by atoms with Gasteiger partial charge in [0.2, 0.25) is 5.91 Å². The van der Waals surface area contributed by atoms with Crippen LogP contribution in [0.5, 0.6) is 5.75 Å². The van der Waals surface area contributed by atoms with Gasteiger partial charge in [-0.2, -0.15) is 0 Å². The van der Waals surface area contributed by atoms with Crippen molar-refractivity contribution in [3.8, 4) is 5.75 Å². The highest BCUT2D eigenvalue weighted by Crippen LogP contribution is 2.66. The van der Waals surface area contributed by atoms with E-state index in [0.29, 0.717) is 56.4 Å². The van der Waals surface area contributed by atoms with Crippen LogP contribution in [-0.4, -0.2) is 66.0 Å². The molecule has 5 rings (SSSR count). The van der Waals surface area contributed by atoms with E-state index in [2.05, 4.69) is 0 Å². The number of ether oxygens (including phenoxy) is 2. The summed E-state index contributed by atoms with van der Waals surface area (Å²) < 4.78 is 11.4. The maximum atomic E-state index is 13.2. The van der Waals surface area contributed by atoms with E-state index in [-0.39, 0.29) is 29.6 Å². The second-order valence-corrected chi connectivity index (χ2v) is 8.53. The smallest absolute Gasteiger partial charge is 0.409 e. The van der Waals surface area contributed by atoms with Crippen molar-refractivity contribution < 1.29 is 23.9 Å². The maximum absolute atomic E-state index is 13.2. The van der Waals surface area contributed by atoms with Gasteiger partial charge in [-0.1, -0.05) is 12.1 Å². The number of amides is 2. The molecule has 7 nitrogen and oxygen atoms in total. The number of hydrogen-bond donors (Lipinski definition) is 0. The van der Waals surface area contributed by atoms with Crippen LogP contribution in [0.15, 0.2) is 24.3 Å². The van der Waals surface area contributed by atoms with Gasteiger partial charge in [-0.05, 0) is 37.8 Å². The Kier molecular flexibility index (Phi) is 4.29. The number of benzene rings is 1. The predicted octanol–water partition coefficient (Wildman–Crippen LogP) is 2.35. The molecule has 1 aromatic carbocycles. The Bertz CT molecular complexity index is 863.